The minimum absolute atomic E-state index is 0.0553. The van der Waals surface area contributed by atoms with Crippen LogP contribution in [0.1, 0.15) is 5.82 Å². The molecule has 0 saturated heterocycles. The van der Waals surface area contributed by atoms with E-state index in [9.17, 15) is 4.79 Å². The Bertz CT molecular complexity index is 866. The molecule has 0 aliphatic rings. The van der Waals surface area contributed by atoms with Crippen LogP contribution in [0.4, 0.5) is 0 Å². The van der Waals surface area contributed by atoms with Crippen molar-refractivity contribution in [1.82, 2.24) is 20.5 Å². The molecule has 0 unspecified atom stereocenters. The number of ether oxygens (including phenoxy) is 1. The zero-order valence-corrected chi connectivity index (χ0v) is 16.4. The summed E-state index contributed by atoms with van der Waals surface area (Å²) in [6, 6.07) is 15.3. The van der Waals surface area contributed by atoms with Crippen LogP contribution >= 0.6 is 27.7 Å². The van der Waals surface area contributed by atoms with E-state index >= 15 is 0 Å². The van der Waals surface area contributed by atoms with Crippen LogP contribution in [0.15, 0.2) is 57.9 Å². The lowest BCUT2D eigenvalue weighted by Gasteiger charge is -2.03. The van der Waals surface area contributed by atoms with Gasteiger partial charge in [-0.1, -0.05) is 15.9 Å². The third-order valence-electron chi connectivity index (χ3n) is 3.52. The number of carbonyl (C=O) groups is 1. The first-order chi connectivity index (χ1) is 12.6. The second kappa shape index (κ2) is 8.86. The number of aromatic amines is 1. The molecule has 0 atom stereocenters. The van der Waals surface area contributed by atoms with Gasteiger partial charge < -0.3 is 10.1 Å². The van der Waals surface area contributed by atoms with E-state index in [1.807, 2.05) is 48.5 Å². The van der Waals surface area contributed by atoms with Crippen LogP contribution in [-0.4, -0.2) is 34.0 Å². The summed E-state index contributed by atoms with van der Waals surface area (Å²) in [5.41, 5.74) is 0.880. The lowest BCUT2D eigenvalue weighted by atomic mass is 10.2. The number of nitrogens with one attached hydrogen (secondary N) is 2. The lowest BCUT2D eigenvalue weighted by molar-refractivity contribution is -0.118. The number of halogens is 1. The summed E-state index contributed by atoms with van der Waals surface area (Å²) in [6.45, 7) is 0.308. The molecular formula is C18H17BrN4O2S. The molecular weight excluding hydrogens is 416 g/mol. The summed E-state index contributed by atoms with van der Waals surface area (Å²) >= 11 is 4.88. The van der Waals surface area contributed by atoms with Gasteiger partial charge in [0.15, 0.2) is 5.82 Å². The first kappa shape index (κ1) is 18.5. The predicted molar refractivity (Wildman–Crippen MR) is 105 cm³/mol. The van der Waals surface area contributed by atoms with Crippen LogP contribution < -0.4 is 10.1 Å². The minimum atomic E-state index is -0.0553. The summed E-state index contributed by atoms with van der Waals surface area (Å²) in [5.74, 6) is 2.26. The van der Waals surface area contributed by atoms with Gasteiger partial charge in [-0.3, -0.25) is 9.89 Å². The minimum Gasteiger partial charge on any atom is -0.497 e. The molecule has 1 amide bonds. The molecule has 26 heavy (non-hydrogen) atoms. The summed E-state index contributed by atoms with van der Waals surface area (Å²) in [7, 11) is 1.62. The van der Waals surface area contributed by atoms with E-state index in [1.54, 1.807) is 7.11 Å². The molecule has 8 heteroatoms. The van der Waals surface area contributed by atoms with Crippen molar-refractivity contribution in [2.45, 2.75) is 11.4 Å². The zero-order chi connectivity index (χ0) is 18.4. The van der Waals surface area contributed by atoms with Crippen LogP contribution in [0.25, 0.3) is 11.4 Å². The van der Waals surface area contributed by atoms with Crippen molar-refractivity contribution in [1.29, 1.82) is 0 Å². The smallest absolute Gasteiger partial charge is 0.230 e. The Morgan fingerprint density at radius 3 is 2.62 bits per heavy atom. The standard InChI is InChI=1S/C18H17BrN4O2S/c1-25-14-6-2-12(3-7-14)18-21-16(22-23-18)10-20-17(24)11-26-15-8-4-13(19)5-9-15/h2-9H,10-11H2,1H3,(H,20,24)(H,21,22,23). The number of amides is 1. The fraction of sp³-hybridized carbons (Fsp3) is 0.167. The average Bonchev–Trinajstić information content (AvgIpc) is 3.15. The summed E-state index contributed by atoms with van der Waals surface area (Å²) < 4.78 is 6.15. The van der Waals surface area contributed by atoms with Crippen LogP contribution in [0.3, 0.4) is 0 Å². The molecule has 3 aromatic rings. The Kier molecular flexibility index (Phi) is 6.30. The summed E-state index contributed by atoms with van der Waals surface area (Å²) in [6.07, 6.45) is 0. The van der Waals surface area contributed by atoms with Gasteiger partial charge >= 0.3 is 0 Å². The lowest BCUT2D eigenvalue weighted by Crippen LogP contribution is -2.25. The predicted octanol–water partition coefficient (Wildman–Crippen LogP) is 3.65. The highest BCUT2D eigenvalue weighted by molar-refractivity contribution is 9.10. The quantitative estimate of drug-likeness (QED) is 0.556. The van der Waals surface area contributed by atoms with E-state index in [0.29, 0.717) is 23.9 Å². The SMILES string of the molecule is COc1ccc(-c2n[nH]c(CNC(=O)CSc3ccc(Br)cc3)n2)cc1. The van der Waals surface area contributed by atoms with E-state index in [-0.39, 0.29) is 5.91 Å². The maximum Gasteiger partial charge on any atom is 0.230 e. The second-order valence-electron chi connectivity index (χ2n) is 5.35. The zero-order valence-electron chi connectivity index (χ0n) is 14.0. The van der Waals surface area contributed by atoms with Crippen LogP contribution in [0.5, 0.6) is 5.75 Å². The van der Waals surface area contributed by atoms with Gasteiger partial charge in [-0.2, -0.15) is 5.10 Å². The number of nitrogens with zero attached hydrogens (tertiary/aromatic N) is 2. The maximum absolute atomic E-state index is 12.0. The molecule has 0 fully saturated rings. The molecule has 2 aromatic carbocycles. The highest BCUT2D eigenvalue weighted by Crippen LogP contribution is 2.21. The first-order valence-electron chi connectivity index (χ1n) is 7.85. The molecule has 1 heterocycles. The van der Waals surface area contributed by atoms with Crippen molar-refractivity contribution in [3.8, 4) is 17.1 Å². The Balaban J connectivity index is 1.49. The Morgan fingerprint density at radius 2 is 1.92 bits per heavy atom. The molecule has 0 radical (unpaired) electrons. The van der Waals surface area contributed by atoms with E-state index in [1.165, 1.54) is 11.8 Å². The molecule has 3 rings (SSSR count). The van der Waals surface area contributed by atoms with Crippen molar-refractivity contribution in [3.63, 3.8) is 0 Å². The van der Waals surface area contributed by atoms with E-state index in [0.717, 1.165) is 20.7 Å². The van der Waals surface area contributed by atoms with Gasteiger partial charge in [-0.25, -0.2) is 4.98 Å². The van der Waals surface area contributed by atoms with Crippen molar-refractivity contribution in [3.05, 3.63) is 58.8 Å². The van der Waals surface area contributed by atoms with E-state index < -0.39 is 0 Å². The number of rotatable bonds is 7. The van der Waals surface area contributed by atoms with Crippen molar-refractivity contribution < 1.29 is 9.53 Å². The molecule has 0 aliphatic carbocycles. The maximum atomic E-state index is 12.0. The van der Waals surface area contributed by atoms with Crippen LogP contribution in [0.2, 0.25) is 0 Å². The van der Waals surface area contributed by atoms with Crippen molar-refractivity contribution in [2.75, 3.05) is 12.9 Å². The first-order valence-corrected chi connectivity index (χ1v) is 9.62. The van der Waals surface area contributed by atoms with Crippen LogP contribution in [0, 0.1) is 0 Å². The van der Waals surface area contributed by atoms with E-state index in [4.69, 9.17) is 4.74 Å². The third-order valence-corrected chi connectivity index (χ3v) is 5.06. The summed E-state index contributed by atoms with van der Waals surface area (Å²) in [4.78, 5) is 17.4. The van der Waals surface area contributed by atoms with E-state index in [2.05, 4.69) is 36.4 Å². The second-order valence-corrected chi connectivity index (χ2v) is 7.32. The number of benzene rings is 2. The molecule has 1 aromatic heterocycles. The highest BCUT2D eigenvalue weighted by Gasteiger charge is 2.08. The van der Waals surface area contributed by atoms with Crippen molar-refractivity contribution >= 4 is 33.6 Å². The number of carbonyl (C=O) groups excluding carboxylic acids is 1. The summed E-state index contributed by atoms with van der Waals surface area (Å²) in [5, 5.41) is 9.87. The van der Waals surface area contributed by atoms with Gasteiger partial charge in [0.2, 0.25) is 5.91 Å². The largest absolute Gasteiger partial charge is 0.497 e. The van der Waals surface area contributed by atoms with Crippen LogP contribution in [-0.2, 0) is 11.3 Å². The van der Waals surface area contributed by atoms with Gasteiger partial charge in [0, 0.05) is 14.9 Å². The van der Waals surface area contributed by atoms with Gasteiger partial charge in [0.25, 0.3) is 0 Å². The van der Waals surface area contributed by atoms with Crippen molar-refractivity contribution in [2.24, 2.45) is 0 Å². The van der Waals surface area contributed by atoms with Gasteiger partial charge in [0.05, 0.1) is 19.4 Å². The Morgan fingerprint density at radius 1 is 1.19 bits per heavy atom. The Hall–Kier alpha value is -2.32. The molecule has 0 aliphatic heterocycles. The third kappa shape index (κ3) is 5.09. The van der Waals surface area contributed by atoms with Gasteiger partial charge in [-0.15, -0.1) is 11.8 Å². The molecule has 0 bridgehead atoms. The number of hydrogen-bond donors (Lipinski definition) is 2. The average molecular weight is 433 g/mol. The monoisotopic (exact) mass is 432 g/mol. The molecule has 2 N–H and O–H groups in total. The van der Waals surface area contributed by atoms with Gasteiger partial charge in [-0.05, 0) is 48.5 Å². The molecule has 6 nitrogen and oxygen atoms in total. The number of H-pyrrole nitrogens is 1. The number of aromatic nitrogens is 3. The highest BCUT2D eigenvalue weighted by atomic mass is 79.9. The Labute approximate surface area is 163 Å². The normalized spacial score (nSPS) is 10.5. The number of methoxy groups -OCH3 is 1. The molecule has 134 valence electrons. The molecule has 0 saturated carbocycles. The molecule has 0 spiro atoms. The number of thioether (sulfide) groups is 1. The number of hydrogen-bond acceptors (Lipinski definition) is 5. The topological polar surface area (TPSA) is 79.9 Å². The fourth-order valence-corrected chi connectivity index (χ4v) is 3.15. The fourth-order valence-electron chi connectivity index (χ4n) is 2.16. The van der Waals surface area contributed by atoms with Gasteiger partial charge in [0.1, 0.15) is 11.6 Å².